The number of furan rings is 1. The monoisotopic (exact) mass is 288 g/mol. The Morgan fingerprint density at radius 3 is 2.62 bits per heavy atom. The van der Waals surface area contributed by atoms with Crippen molar-refractivity contribution in [3.63, 3.8) is 0 Å². The Labute approximate surface area is 126 Å². The Kier molecular flexibility index (Phi) is 6.31. The Bertz CT molecular complexity index is 494. The van der Waals surface area contributed by atoms with Crippen molar-refractivity contribution in [1.29, 1.82) is 0 Å². The third-order valence-electron chi connectivity index (χ3n) is 3.44. The summed E-state index contributed by atoms with van der Waals surface area (Å²) in [5.74, 6) is 1.90. The molecule has 1 heterocycles. The van der Waals surface area contributed by atoms with E-state index in [4.69, 9.17) is 14.9 Å². The fraction of sp³-hybridized carbons (Fsp3) is 0.412. The lowest BCUT2D eigenvalue weighted by molar-refractivity contribution is 0.199. The van der Waals surface area contributed by atoms with E-state index in [2.05, 4.69) is 24.0 Å². The highest BCUT2D eigenvalue weighted by Gasteiger charge is 2.06. The molecule has 2 rings (SSSR count). The number of ether oxygens (including phenoxy) is 1. The molecule has 114 valence electrons. The van der Waals surface area contributed by atoms with Crippen LogP contribution >= 0.6 is 0 Å². The van der Waals surface area contributed by atoms with E-state index in [1.165, 1.54) is 5.56 Å². The molecule has 0 spiro atoms. The molecule has 0 bridgehead atoms. The fourth-order valence-corrected chi connectivity index (χ4v) is 2.18. The lowest BCUT2D eigenvalue weighted by Gasteiger charge is -2.19. The third-order valence-corrected chi connectivity index (χ3v) is 3.44. The molecular weight excluding hydrogens is 264 g/mol. The summed E-state index contributed by atoms with van der Waals surface area (Å²) in [7, 11) is 0. The number of benzene rings is 1. The molecule has 0 saturated carbocycles. The summed E-state index contributed by atoms with van der Waals surface area (Å²) in [5, 5.41) is 0. The lowest BCUT2D eigenvalue weighted by Crippen LogP contribution is -2.27. The van der Waals surface area contributed by atoms with Gasteiger partial charge >= 0.3 is 0 Å². The van der Waals surface area contributed by atoms with Gasteiger partial charge in [-0.05, 0) is 49.3 Å². The second kappa shape index (κ2) is 8.49. The quantitative estimate of drug-likeness (QED) is 0.771. The van der Waals surface area contributed by atoms with Crippen molar-refractivity contribution in [3.05, 3.63) is 54.0 Å². The Morgan fingerprint density at radius 1 is 1.19 bits per heavy atom. The normalized spacial score (nSPS) is 11.0. The first kappa shape index (κ1) is 15.6. The van der Waals surface area contributed by atoms with Gasteiger partial charge in [0.1, 0.15) is 18.1 Å². The average Bonchev–Trinajstić information content (AvgIpc) is 3.01. The van der Waals surface area contributed by atoms with Gasteiger partial charge in [0.15, 0.2) is 0 Å². The van der Waals surface area contributed by atoms with Crippen LogP contribution in [0.25, 0.3) is 0 Å². The van der Waals surface area contributed by atoms with Crippen molar-refractivity contribution in [3.8, 4) is 5.75 Å². The molecular formula is C17H24N2O2. The van der Waals surface area contributed by atoms with Crippen molar-refractivity contribution in [2.75, 3.05) is 26.2 Å². The molecule has 0 radical (unpaired) electrons. The summed E-state index contributed by atoms with van der Waals surface area (Å²) in [6.07, 6.45) is 2.62. The summed E-state index contributed by atoms with van der Waals surface area (Å²) in [6, 6.07) is 12.1. The summed E-state index contributed by atoms with van der Waals surface area (Å²) in [4.78, 5) is 2.29. The largest absolute Gasteiger partial charge is 0.492 e. The van der Waals surface area contributed by atoms with Crippen molar-refractivity contribution in [2.24, 2.45) is 5.73 Å². The SMILES string of the molecule is CCN(CCOc1ccc(CCN)cc1)Cc1ccco1. The number of nitrogens with two attached hydrogens (primary N) is 1. The van der Waals surface area contributed by atoms with Gasteiger partial charge < -0.3 is 14.9 Å². The highest BCUT2D eigenvalue weighted by atomic mass is 16.5. The van der Waals surface area contributed by atoms with E-state index in [0.29, 0.717) is 13.2 Å². The molecule has 21 heavy (non-hydrogen) atoms. The van der Waals surface area contributed by atoms with Gasteiger partial charge in [-0.3, -0.25) is 4.90 Å². The number of hydrogen-bond acceptors (Lipinski definition) is 4. The van der Waals surface area contributed by atoms with Gasteiger partial charge in [0.2, 0.25) is 0 Å². The zero-order chi connectivity index (χ0) is 14.9. The van der Waals surface area contributed by atoms with Crippen LogP contribution in [0.5, 0.6) is 5.75 Å². The van der Waals surface area contributed by atoms with Crippen molar-refractivity contribution < 1.29 is 9.15 Å². The molecule has 0 unspecified atom stereocenters. The maximum Gasteiger partial charge on any atom is 0.119 e. The predicted octanol–water partition coefficient (Wildman–Crippen LogP) is 2.68. The Morgan fingerprint density at radius 2 is 2.00 bits per heavy atom. The number of nitrogens with zero attached hydrogens (tertiary/aromatic N) is 1. The minimum atomic E-state index is 0.671. The summed E-state index contributed by atoms with van der Waals surface area (Å²) >= 11 is 0. The number of likely N-dealkylation sites (N-methyl/N-ethyl adjacent to an activating group) is 1. The summed E-state index contributed by atoms with van der Waals surface area (Å²) in [5.41, 5.74) is 6.79. The molecule has 2 aromatic rings. The van der Waals surface area contributed by atoms with Crippen LogP contribution in [0.1, 0.15) is 18.2 Å². The molecule has 0 aliphatic heterocycles. The summed E-state index contributed by atoms with van der Waals surface area (Å²) in [6.45, 7) is 6.16. The van der Waals surface area contributed by atoms with E-state index < -0.39 is 0 Å². The maximum atomic E-state index is 5.79. The van der Waals surface area contributed by atoms with Gasteiger partial charge in [-0.25, -0.2) is 0 Å². The van der Waals surface area contributed by atoms with Crippen LogP contribution in [0, 0.1) is 0 Å². The average molecular weight is 288 g/mol. The first-order valence-electron chi connectivity index (χ1n) is 7.48. The van der Waals surface area contributed by atoms with Crippen LogP contribution < -0.4 is 10.5 Å². The van der Waals surface area contributed by atoms with Crippen LogP contribution in [0.15, 0.2) is 47.1 Å². The van der Waals surface area contributed by atoms with E-state index >= 15 is 0 Å². The van der Waals surface area contributed by atoms with E-state index in [0.717, 1.165) is 37.6 Å². The zero-order valence-electron chi connectivity index (χ0n) is 12.6. The Hall–Kier alpha value is -1.78. The molecule has 1 aromatic heterocycles. The molecule has 0 saturated heterocycles. The molecule has 0 atom stereocenters. The second-order valence-corrected chi connectivity index (χ2v) is 4.98. The summed E-state index contributed by atoms with van der Waals surface area (Å²) < 4.78 is 11.2. The van der Waals surface area contributed by atoms with E-state index in [9.17, 15) is 0 Å². The topological polar surface area (TPSA) is 51.6 Å². The van der Waals surface area contributed by atoms with Crippen LogP contribution in [0.2, 0.25) is 0 Å². The lowest BCUT2D eigenvalue weighted by atomic mass is 10.1. The molecule has 1 aromatic carbocycles. The highest BCUT2D eigenvalue weighted by molar-refractivity contribution is 5.27. The Balaban J connectivity index is 1.74. The van der Waals surface area contributed by atoms with Gasteiger partial charge in [0, 0.05) is 6.54 Å². The molecule has 2 N–H and O–H groups in total. The molecule has 0 fully saturated rings. The smallest absolute Gasteiger partial charge is 0.119 e. The standard InChI is InChI=1S/C17H24N2O2/c1-2-19(14-17-4-3-12-20-17)11-13-21-16-7-5-15(6-8-16)9-10-18/h3-8,12H,2,9-11,13-14,18H2,1H3. The van der Waals surface area contributed by atoms with Crippen LogP contribution in [0.4, 0.5) is 0 Å². The molecule has 0 aliphatic carbocycles. The van der Waals surface area contributed by atoms with Crippen LogP contribution in [-0.4, -0.2) is 31.1 Å². The van der Waals surface area contributed by atoms with E-state index in [-0.39, 0.29) is 0 Å². The third kappa shape index (κ3) is 5.25. The van der Waals surface area contributed by atoms with Gasteiger partial charge in [0.25, 0.3) is 0 Å². The van der Waals surface area contributed by atoms with Crippen molar-refractivity contribution in [1.82, 2.24) is 4.90 Å². The van der Waals surface area contributed by atoms with Gasteiger partial charge in [-0.1, -0.05) is 19.1 Å². The minimum absolute atomic E-state index is 0.671. The van der Waals surface area contributed by atoms with Gasteiger partial charge in [0.05, 0.1) is 12.8 Å². The second-order valence-electron chi connectivity index (χ2n) is 4.98. The minimum Gasteiger partial charge on any atom is -0.492 e. The number of rotatable bonds is 9. The van der Waals surface area contributed by atoms with Crippen LogP contribution in [0.3, 0.4) is 0 Å². The molecule has 4 nitrogen and oxygen atoms in total. The molecule has 4 heteroatoms. The van der Waals surface area contributed by atoms with Gasteiger partial charge in [-0.15, -0.1) is 0 Å². The van der Waals surface area contributed by atoms with Crippen LogP contribution in [-0.2, 0) is 13.0 Å². The first-order valence-corrected chi connectivity index (χ1v) is 7.48. The highest BCUT2D eigenvalue weighted by Crippen LogP contribution is 2.12. The molecule has 0 amide bonds. The number of hydrogen-bond donors (Lipinski definition) is 1. The zero-order valence-corrected chi connectivity index (χ0v) is 12.6. The first-order chi connectivity index (χ1) is 10.3. The fourth-order valence-electron chi connectivity index (χ4n) is 2.18. The predicted molar refractivity (Wildman–Crippen MR) is 84.4 cm³/mol. The van der Waals surface area contributed by atoms with Crippen molar-refractivity contribution >= 4 is 0 Å². The van der Waals surface area contributed by atoms with E-state index in [1.807, 2.05) is 24.3 Å². The van der Waals surface area contributed by atoms with Gasteiger partial charge in [-0.2, -0.15) is 0 Å². The molecule has 0 aliphatic rings. The maximum absolute atomic E-state index is 5.79. The van der Waals surface area contributed by atoms with E-state index in [1.54, 1.807) is 6.26 Å². The van der Waals surface area contributed by atoms with Crippen molar-refractivity contribution in [2.45, 2.75) is 19.9 Å².